The number of carbonyl (C=O) groups is 1. The van der Waals surface area contributed by atoms with E-state index >= 15 is 0 Å². The molecule has 1 unspecified atom stereocenters. The lowest BCUT2D eigenvalue weighted by molar-refractivity contribution is 0.0932. The van der Waals surface area contributed by atoms with Crippen molar-refractivity contribution in [1.29, 1.82) is 0 Å². The first-order valence-corrected chi connectivity index (χ1v) is 6.01. The van der Waals surface area contributed by atoms with Gasteiger partial charge >= 0.3 is 0 Å². The van der Waals surface area contributed by atoms with Crippen LogP contribution in [0.3, 0.4) is 0 Å². The minimum Gasteiger partial charge on any atom is -0.409 e. The zero-order chi connectivity index (χ0) is 14.4. The summed E-state index contributed by atoms with van der Waals surface area (Å²) in [7, 11) is 0. The molecule has 19 heavy (non-hydrogen) atoms. The van der Waals surface area contributed by atoms with E-state index in [1.54, 1.807) is 13.0 Å². The molecule has 0 radical (unpaired) electrons. The molecule has 1 atom stereocenters. The Labute approximate surface area is 111 Å². The average molecular weight is 267 g/mol. The molecule has 0 spiro atoms. The second-order valence-corrected chi connectivity index (χ2v) is 4.36. The third-order valence-corrected chi connectivity index (χ3v) is 2.78. The van der Waals surface area contributed by atoms with Crippen LogP contribution in [0.15, 0.2) is 23.4 Å². The first-order chi connectivity index (χ1) is 8.97. The molecule has 0 saturated heterocycles. The quantitative estimate of drug-likeness (QED) is 0.329. The van der Waals surface area contributed by atoms with Crippen molar-refractivity contribution in [2.75, 3.05) is 0 Å². The Balaban J connectivity index is 2.80. The molecule has 0 saturated carbocycles. The maximum atomic E-state index is 13.6. The van der Waals surface area contributed by atoms with Crippen LogP contribution in [0.5, 0.6) is 0 Å². The van der Waals surface area contributed by atoms with Crippen LogP contribution in [0.4, 0.5) is 4.39 Å². The van der Waals surface area contributed by atoms with Gasteiger partial charge in [-0.2, -0.15) is 0 Å². The number of benzene rings is 1. The van der Waals surface area contributed by atoms with Crippen LogP contribution in [0.2, 0.25) is 0 Å². The van der Waals surface area contributed by atoms with E-state index in [0.717, 1.165) is 5.56 Å². The van der Waals surface area contributed by atoms with Gasteiger partial charge < -0.3 is 16.3 Å². The van der Waals surface area contributed by atoms with E-state index in [-0.39, 0.29) is 23.9 Å². The highest BCUT2D eigenvalue weighted by atomic mass is 19.1. The smallest absolute Gasteiger partial charge is 0.254 e. The predicted molar refractivity (Wildman–Crippen MR) is 70.7 cm³/mol. The van der Waals surface area contributed by atoms with Crippen molar-refractivity contribution >= 4 is 11.7 Å². The standard InChI is InChI=1S/C13H18FN3O2/c1-3-9(7-12(15)17-19)16-13(18)10-6-8(2)4-5-11(10)14/h4-6,9,19H,3,7H2,1-2H3,(H2,15,17)(H,16,18). The number of amides is 1. The van der Waals surface area contributed by atoms with E-state index in [0.29, 0.717) is 6.42 Å². The van der Waals surface area contributed by atoms with Crippen molar-refractivity contribution in [2.24, 2.45) is 10.9 Å². The molecule has 1 amide bonds. The molecule has 0 aliphatic rings. The number of hydrogen-bond acceptors (Lipinski definition) is 3. The molecule has 4 N–H and O–H groups in total. The lowest BCUT2D eigenvalue weighted by Gasteiger charge is -2.16. The van der Waals surface area contributed by atoms with Crippen molar-refractivity contribution in [3.63, 3.8) is 0 Å². The molecule has 0 heterocycles. The number of hydrogen-bond donors (Lipinski definition) is 3. The largest absolute Gasteiger partial charge is 0.409 e. The molecule has 0 bridgehead atoms. The highest BCUT2D eigenvalue weighted by molar-refractivity contribution is 5.95. The molecule has 1 aromatic rings. The number of nitrogens with zero attached hydrogens (tertiary/aromatic N) is 1. The maximum absolute atomic E-state index is 13.6. The summed E-state index contributed by atoms with van der Waals surface area (Å²) in [4.78, 5) is 12.0. The third kappa shape index (κ3) is 4.24. The predicted octanol–water partition coefficient (Wildman–Crippen LogP) is 1.78. The van der Waals surface area contributed by atoms with Crippen LogP contribution in [-0.2, 0) is 0 Å². The van der Waals surface area contributed by atoms with E-state index in [4.69, 9.17) is 10.9 Å². The Kier molecular flexibility index (Phi) is 5.29. The molecule has 0 aliphatic heterocycles. The Bertz CT molecular complexity index is 489. The summed E-state index contributed by atoms with van der Waals surface area (Å²) in [6, 6.07) is 4.04. The van der Waals surface area contributed by atoms with Crippen LogP contribution in [-0.4, -0.2) is 23.0 Å². The van der Waals surface area contributed by atoms with Gasteiger partial charge in [-0.3, -0.25) is 4.79 Å². The Morgan fingerprint density at radius 3 is 2.84 bits per heavy atom. The van der Waals surface area contributed by atoms with Crippen LogP contribution >= 0.6 is 0 Å². The monoisotopic (exact) mass is 267 g/mol. The summed E-state index contributed by atoms with van der Waals surface area (Å²) in [6.07, 6.45) is 0.807. The minimum absolute atomic E-state index is 0.00189. The summed E-state index contributed by atoms with van der Waals surface area (Å²) in [6.45, 7) is 3.63. The molecule has 1 aromatic carbocycles. The molecule has 0 fully saturated rings. The van der Waals surface area contributed by atoms with Gasteiger partial charge in [-0.1, -0.05) is 23.7 Å². The van der Waals surface area contributed by atoms with Crippen molar-refractivity contribution in [1.82, 2.24) is 5.32 Å². The summed E-state index contributed by atoms with van der Waals surface area (Å²) < 4.78 is 13.6. The fourth-order valence-electron chi connectivity index (χ4n) is 1.67. The van der Waals surface area contributed by atoms with Crippen molar-refractivity contribution in [3.8, 4) is 0 Å². The number of nitrogens with one attached hydrogen (secondary N) is 1. The zero-order valence-corrected chi connectivity index (χ0v) is 11.0. The second kappa shape index (κ2) is 6.72. The summed E-state index contributed by atoms with van der Waals surface area (Å²) in [5.74, 6) is -1.04. The molecule has 104 valence electrons. The number of nitrogens with two attached hydrogens (primary N) is 1. The number of carbonyl (C=O) groups excluding carboxylic acids is 1. The fraction of sp³-hybridized carbons (Fsp3) is 0.385. The van der Waals surface area contributed by atoms with Gasteiger partial charge in [0.1, 0.15) is 11.7 Å². The van der Waals surface area contributed by atoms with Gasteiger partial charge in [0.05, 0.1) is 5.56 Å². The van der Waals surface area contributed by atoms with E-state index in [2.05, 4.69) is 10.5 Å². The molecular formula is C13H18FN3O2. The van der Waals surface area contributed by atoms with Gasteiger partial charge in [0, 0.05) is 12.5 Å². The van der Waals surface area contributed by atoms with Crippen LogP contribution < -0.4 is 11.1 Å². The Morgan fingerprint density at radius 1 is 1.58 bits per heavy atom. The lowest BCUT2D eigenvalue weighted by Crippen LogP contribution is -2.37. The van der Waals surface area contributed by atoms with Gasteiger partial charge in [0.15, 0.2) is 0 Å². The first-order valence-electron chi connectivity index (χ1n) is 6.01. The SMILES string of the molecule is CCC(CC(N)=NO)NC(=O)c1cc(C)ccc1F. The number of halogens is 1. The molecule has 6 heteroatoms. The highest BCUT2D eigenvalue weighted by Crippen LogP contribution is 2.11. The van der Waals surface area contributed by atoms with Gasteiger partial charge in [-0.25, -0.2) is 4.39 Å². The fourth-order valence-corrected chi connectivity index (χ4v) is 1.67. The van der Waals surface area contributed by atoms with Gasteiger partial charge in [-0.05, 0) is 25.5 Å². The Hall–Kier alpha value is -2.11. The minimum atomic E-state index is -0.568. The van der Waals surface area contributed by atoms with Crippen LogP contribution in [0.25, 0.3) is 0 Å². The molecular weight excluding hydrogens is 249 g/mol. The van der Waals surface area contributed by atoms with Crippen molar-refractivity contribution < 1.29 is 14.4 Å². The topological polar surface area (TPSA) is 87.7 Å². The van der Waals surface area contributed by atoms with E-state index in [1.165, 1.54) is 12.1 Å². The first kappa shape index (κ1) is 14.9. The van der Waals surface area contributed by atoms with E-state index in [9.17, 15) is 9.18 Å². The normalized spacial score (nSPS) is 13.1. The number of rotatable bonds is 5. The number of amidine groups is 1. The van der Waals surface area contributed by atoms with Gasteiger partial charge in [-0.15, -0.1) is 0 Å². The van der Waals surface area contributed by atoms with Crippen LogP contribution in [0.1, 0.15) is 35.7 Å². The van der Waals surface area contributed by atoms with Gasteiger partial charge in [0.25, 0.3) is 5.91 Å². The Morgan fingerprint density at radius 2 is 2.26 bits per heavy atom. The third-order valence-electron chi connectivity index (χ3n) is 2.78. The number of oxime groups is 1. The molecule has 1 rings (SSSR count). The zero-order valence-electron chi connectivity index (χ0n) is 11.0. The summed E-state index contributed by atoms with van der Waals surface area (Å²) in [5, 5.41) is 14.0. The maximum Gasteiger partial charge on any atom is 0.254 e. The van der Waals surface area contributed by atoms with Crippen LogP contribution in [0, 0.1) is 12.7 Å². The van der Waals surface area contributed by atoms with E-state index < -0.39 is 11.7 Å². The molecule has 0 aliphatic carbocycles. The average Bonchev–Trinajstić information content (AvgIpc) is 2.40. The number of aryl methyl sites for hydroxylation is 1. The van der Waals surface area contributed by atoms with E-state index in [1.807, 2.05) is 6.92 Å². The summed E-state index contributed by atoms with van der Waals surface area (Å²) in [5.41, 5.74) is 6.19. The lowest BCUT2D eigenvalue weighted by atomic mass is 10.1. The highest BCUT2D eigenvalue weighted by Gasteiger charge is 2.16. The molecule has 5 nitrogen and oxygen atoms in total. The van der Waals surface area contributed by atoms with Crippen molar-refractivity contribution in [2.45, 2.75) is 32.7 Å². The second-order valence-electron chi connectivity index (χ2n) is 4.36. The molecule has 0 aromatic heterocycles. The van der Waals surface area contributed by atoms with Gasteiger partial charge in [0.2, 0.25) is 0 Å². The summed E-state index contributed by atoms with van der Waals surface area (Å²) >= 11 is 0. The van der Waals surface area contributed by atoms with Crippen molar-refractivity contribution in [3.05, 3.63) is 35.1 Å².